The normalized spacial score (nSPS) is 11.3. The highest BCUT2D eigenvalue weighted by Gasteiger charge is 2.21. The molecule has 0 spiro atoms. The molecular weight excluding hydrogens is 599 g/mol. The lowest BCUT2D eigenvalue weighted by Crippen LogP contribution is -2.12. The van der Waals surface area contributed by atoms with Gasteiger partial charge in [0.2, 0.25) is 0 Å². The monoisotopic (exact) mass is 629 g/mol. The summed E-state index contributed by atoms with van der Waals surface area (Å²) in [5, 5.41) is 5.11. The predicted octanol–water partition coefficient (Wildman–Crippen LogP) is 13.7. The Balaban J connectivity index is 1.26. The zero-order chi connectivity index (χ0) is 31.9. The van der Waals surface area contributed by atoms with Gasteiger partial charge in [-0.3, -0.25) is 0 Å². The van der Waals surface area contributed by atoms with Crippen molar-refractivity contribution in [3.63, 3.8) is 0 Å². The molecular formula is C46H31NS. The number of para-hydroxylation sites is 2. The van der Waals surface area contributed by atoms with Gasteiger partial charge in [-0.25, -0.2) is 0 Å². The molecule has 0 aliphatic carbocycles. The minimum atomic E-state index is 1.11. The lowest BCUT2D eigenvalue weighted by atomic mass is 9.95. The van der Waals surface area contributed by atoms with Gasteiger partial charge in [0.05, 0.1) is 11.4 Å². The van der Waals surface area contributed by atoms with Crippen LogP contribution >= 0.6 is 11.3 Å². The van der Waals surface area contributed by atoms with Crippen LogP contribution in [0.25, 0.3) is 64.3 Å². The summed E-state index contributed by atoms with van der Waals surface area (Å²) in [6.07, 6.45) is 0. The van der Waals surface area contributed by atoms with Crippen LogP contribution in [0.15, 0.2) is 188 Å². The molecule has 0 bridgehead atoms. The summed E-state index contributed by atoms with van der Waals surface area (Å²) in [4.78, 5) is 2.44. The molecule has 1 nitrogen and oxygen atoms in total. The summed E-state index contributed by atoms with van der Waals surface area (Å²) < 4.78 is 2.63. The predicted molar refractivity (Wildman–Crippen MR) is 208 cm³/mol. The topological polar surface area (TPSA) is 3.24 Å². The third-order valence-electron chi connectivity index (χ3n) is 9.29. The van der Waals surface area contributed by atoms with Gasteiger partial charge in [-0.05, 0) is 69.4 Å². The number of fused-ring (bicyclic) bond motifs is 4. The van der Waals surface area contributed by atoms with Gasteiger partial charge in [-0.15, -0.1) is 11.3 Å². The van der Waals surface area contributed by atoms with Crippen LogP contribution < -0.4 is 4.90 Å². The molecule has 9 rings (SSSR count). The SMILES string of the molecule is c1ccc(-c2ccc(N(c3ccccc3-c3ccc4c(c3)sc3ccccc34)c3ccccc3-c3cccc4ccccc34)cc2)cc1. The van der Waals surface area contributed by atoms with Crippen LogP contribution in [0.1, 0.15) is 0 Å². The van der Waals surface area contributed by atoms with Gasteiger partial charge in [0.25, 0.3) is 0 Å². The number of rotatable bonds is 6. The van der Waals surface area contributed by atoms with E-state index in [0.717, 1.165) is 17.1 Å². The Morgan fingerprint density at radius 2 is 0.896 bits per heavy atom. The summed E-state index contributed by atoms with van der Waals surface area (Å²) in [7, 11) is 0. The third kappa shape index (κ3) is 4.95. The molecule has 0 radical (unpaired) electrons. The van der Waals surface area contributed by atoms with Crippen molar-refractivity contribution in [2.24, 2.45) is 0 Å². The number of benzene rings is 8. The van der Waals surface area contributed by atoms with Crippen LogP contribution in [0.2, 0.25) is 0 Å². The number of anilines is 3. The van der Waals surface area contributed by atoms with E-state index >= 15 is 0 Å². The molecule has 0 aliphatic rings. The fraction of sp³-hybridized carbons (Fsp3) is 0. The molecule has 0 amide bonds. The molecule has 0 fully saturated rings. The van der Waals surface area contributed by atoms with Crippen molar-refractivity contribution in [2.45, 2.75) is 0 Å². The Morgan fingerprint density at radius 3 is 1.73 bits per heavy atom. The summed E-state index contributed by atoms with van der Waals surface area (Å²) in [5.74, 6) is 0. The second-order valence-electron chi connectivity index (χ2n) is 12.1. The molecule has 0 saturated carbocycles. The summed E-state index contributed by atoms with van der Waals surface area (Å²) >= 11 is 1.86. The van der Waals surface area contributed by atoms with E-state index in [2.05, 4.69) is 193 Å². The molecule has 0 atom stereocenters. The van der Waals surface area contributed by atoms with Gasteiger partial charge < -0.3 is 4.90 Å². The molecule has 0 N–H and O–H groups in total. The van der Waals surface area contributed by atoms with E-state index < -0.39 is 0 Å². The van der Waals surface area contributed by atoms with Gasteiger partial charge in [-0.1, -0.05) is 152 Å². The molecule has 0 aliphatic heterocycles. The van der Waals surface area contributed by atoms with Crippen molar-refractivity contribution < 1.29 is 0 Å². The smallest absolute Gasteiger partial charge is 0.0540 e. The Hall–Kier alpha value is -5.96. The number of nitrogens with zero attached hydrogens (tertiary/aromatic N) is 1. The third-order valence-corrected chi connectivity index (χ3v) is 10.4. The fourth-order valence-corrected chi connectivity index (χ4v) is 8.15. The van der Waals surface area contributed by atoms with Crippen LogP contribution in [-0.2, 0) is 0 Å². The Kier molecular flexibility index (Phi) is 7.07. The lowest BCUT2D eigenvalue weighted by Gasteiger charge is -2.30. The minimum Gasteiger partial charge on any atom is -0.309 e. The second-order valence-corrected chi connectivity index (χ2v) is 13.2. The van der Waals surface area contributed by atoms with E-state index in [1.54, 1.807) is 0 Å². The van der Waals surface area contributed by atoms with Crippen molar-refractivity contribution in [3.8, 4) is 33.4 Å². The highest BCUT2D eigenvalue weighted by molar-refractivity contribution is 7.25. The van der Waals surface area contributed by atoms with Crippen LogP contribution in [0.5, 0.6) is 0 Å². The molecule has 0 saturated heterocycles. The lowest BCUT2D eigenvalue weighted by molar-refractivity contribution is 1.28. The van der Waals surface area contributed by atoms with Crippen LogP contribution in [0.3, 0.4) is 0 Å². The Morgan fingerprint density at radius 1 is 0.333 bits per heavy atom. The van der Waals surface area contributed by atoms with Crippen molar-refractivity contribution in [3.05, 3.63) is 188 Å². The zero-order valence-corrected chi connectivity index (χ0v) is 27.1. The molecule has 226 valence electrons. The van der Waals surface area contributed by atoms with Crippen LogP contribution in [0, 0.1) is 0 Å². The summed E-state index contributed by atoms with van der Waals surface area (Å²) in [6.45, 7) is 0. The largest absolute Gasteiger partial charge is 0.309 e. The van der Waals surface area contributed by atoms with Gasteiger partial charge in [0.15, 0.2) is 0 Å². The highest BCUT2D eigenvalue weighted by Crippen LogP contribution is 2.47. The van der Waals surface area contributed by atoms with Gasteiger partial charge in [0, 0.05) is 37.0 Å². The average Bonchev–Trinajstić information content (AvgIpc) is 3.54. The van der Waals surface area contributed by atoms with E-state index in [1.807, 2.05) is 11.3 Å². The Bertz CT molecular complexity index is 2560. The van der Waals surface area contributed by atoms with E-state index in [4.69, 9.17) is 0 Å². The van der Waals surface area contributed by atoms with E-state index in [1.165, 1.54) is 64.3 Å². The Labute approximate surface area is 284 Å². The van der Waals surface area contributed by atoms with Gasteiger partial charge in [-0.2, -0.15) is 0 Å². The van der Waals surface area contributed by atoms with Crippen molar-refractivity contribution in [2.75, 3.05) is 4.90 Å². The number of thiophene rings is 1. The van der Waals surface area contributed by atoms with Crippen molar-refractivity contribution >= 4 is 59.3 Å². The fourth-order valence-electron chi connectivity index (χ4n) is 7.00. The van der Waals surface area contributed by atoms with Crippen LogP contribution in [0.4, 0.5) is 17.1 Å². The molecule has 8 aromatic carbocycles. The maximum atomic E-state index is 2.44. The molecule has 1 heterocycles. The van der Waals surface area contributed by atoms with Crippen molar-refractivity contribution in [1.29, 1.82) is 0 Å². The highest BCUT2D eigenvalue weighted by atomic mass is 32.1. The quantitative estimate of drug-likeness (QED) is 0.177. The number of hydrogen-bond acceptors (Lipinski definition) is 2. The number of hydrogen-bond donors (Lipinski definition) is 0. The first-order valence-electron chi connectivity index (χ1n) is 16.4. The molecule has 48 heavy (non-hydrogen) atoms. The second kappa shape index (κ2) is 12.0. The first kappa shape index (κ1) is 28.3. The van der Waals surface area contributed by atoms with Gasteiger partial charge in [0.1, 0.15) is 0 Å². The maximum absolute atomic E-state index is 2.44. The first-order valence-corrected chi connectivity index (χ1v) is 17.2. The molecule has 2 heteroatoms. The van der Waals surface area contributed by atoms with Crippen LogP contribution in [-0.4, -0.2) is 0 Å². The maximum Gasteiger partial charge on any atom is 0.0540 e. The standard InChI is InChI=1S/C46H31NS/c1-2-13-32(14-3-1)33-25-28-36(29-26-33)47(44-23-10-7-19-40(44)39-21-12-16-34-15-4-5-17-37(34)39)43-22-9-6-18-38(43)35-27-30-42-41-20-8-11-24-45(41)48-46(42)31-35/h1-31H. The summed E-state index contributed by atoms with van der Waals surface area (Å²) in [6, 6.07) is 68.2. The van der Waals surface area contributed by atoms with E-state index in [9.17, 15) is 0 Å². The first-order chi connectivity index (χ1) is 23.8. The molecule has 0 unspecified atom stereocenters. The zero-order valence-electron chi connectivity index (χ0n) is 26.3. The summed E-state index contributed by atoms with van der Waals surface area (Å²) in [5.41, 5.74) is 10.6. The average molecular weight is 630 g/mol. The molecule has 9 aromatic rings. The van der Waals surface area contributed by atoms with Crippen molar-refractivity contribution in [1.82, 2.24) is 0 Å². The van der Waals surface area contributed by atoms with Gasteiger partial charge >= 0.3 is 0 Å². The minimum absolute atomic E-state index is 1.11. The van der Waals surface area contributed by atoms with E-state index in [-0.39, 0.29) is 0 Å². The molecule has 1 aromatic heterocycles. The van der Waals surface area contributed by atoms with E-state index in [0.29, 0.717) is 0 Å².